The molecule has 1 atom stereocenters. The number of fused-ring (bicyclic) bond motifs is 5. The van der Waals surface area contributed by atoms with E-state index in [1.165, 1.54) is 47.0 Å². The van der Waals surface area contributed by atoms with Gasteiger partial charge in [-0.25, -0.2) is 0 Å². The Balaban J connectivity index is 1.69. The number of Topliss-reactive ketones (excluding diaryl/α,β-unsaturated/α-hetero) is 1. The smallest absolute Gasteiger partial charge is 0.242 e. The second-order valence-electron chi connectivity index (χ2n) is 17.1. The first kappa shape index (κ1) is 35.4. The van der Waals surface area contributed by atoms with Crippen molar-refractivity contribution in [3.05, 3.63) is 75.7 Å². The number of ketones is 1. The first-order valence-electron chi connectivity index (χ1n) is 16.3. The third-order valence-corrected chi connectivity index (χ3v) is 13.3. The molecule has 3 aliphatic rings. The lowest BCUT2D eigenvalue weighted by Crippen LogP contribution is -2.40. The van der Waals surface area contributed by atoms with Gasteiger partial charge >= 0.3 is 0 Å². The van der Waals surface area contributed by atoms with Gasteiger partial charge in [-0.05, 0) is 92.5 Å². The van der Waals surface area contributed by atoms with Crippen molar-refractivity contribution in [1.82, 2.24) is 0 Å². The first-order chi connectivity index (χ1) is 22.0. The van der Waals surface area contributed by atoms with Crippen LogP contribution >= 0.6 is 47.0 Å². The van der Waals surface area contributed by atoms with Gasteiger partial charge in [0.15, 0.2) is 0 Å². The maximum Gasteiger partial charge on any atom is 0.242 e. The lowest BCUT2D eigenvalue weighted by atomic mass is 9.82. The Morgan fingerprint density at radius 3 is 1.40 bits per heavy atom. The highest BCUT2D eigenvalue weighted by Gasteiger charge is 2.51. The van der Waals surface area contributed by atoms with Crippen LogP contribution < -0.4 is 4.74 Å². The summed E-state index contributed by atoms with van der Waals surface area (Å²) in [5.74, 6) is 0.768. The molecule has 1 unspecified atom stereocenters. The summed E-state index contributed by atoms with van der Waals surface area (Å²) in [6.45, 7) is 25.9. The summed E-state index contributed by atoms with van der Waals surface area (Å²) in [6.07, 6.45) is 3.97. The predicted molar refractivity (Wildman–Crippen MR) is 203 cm³/mol. The summed E-state index contributed by atoms with van der Waals surface area (Å²) in [5.41, 5.74) is 3.37. The monoisotopic (exact) mass is 718 g/mol. The maximum absolute atomic E-state index is 14.8. The van der Waals surface area contributed by atoms with E-state index in [9.17, 15) is 15.0 Å². The Labute approximate surface area is 303 Å². The number of ether oxygens (including phenoxy) is 1. The van der Waals surface area contributed by atoms with Crippen LogP contribution in [0.15, 0.2) is 88.4 Å². The summed E-state index contributed by atoms with van der Waals surface area (Å²) < 4.78 is 6.91. The summed E-state index contributed by atoms with van der Waals surface area (Å²) in [6, 6.07) is 12.4. The van der Waals surface area contributed by atoms with Gasteiger partial charge in [0.2, 0.25) is 10.7 Å². The number of aromatic hydroxyl groups is 2. The van der Waals surface area contributed by atoms with Gasteiger partial charge in [-0.2, -0.15) is 0 Å². The van der Waals surface area contributed by atoms with E-state index in [1.807, 2.05) is 30.4 Å². The number of carbonyl (C=O) groups is 1. The third kappa shape index (κ3) is 6.47. The number of phenolic OH excluding ortho intramolecular Hbond substituents is 2. The van der Waals surface area contributed by atoms with E-state index >= 15 is 0 Å². The van der Waals surface area contributed by atoms with Crippen LogP contribution in [0.25, 0.3) is 0 Å². The van der Waals surface area contributed by atoms with E-state index < -0.39 is 4.93 Å². The Hall–Kier alpha value is -2.39. The zero-order chi connectivity index (χ0) is 35.4. The molecule has 0 radical (unpaired) electrons. The Morgan fingerprint density at radius 1 is 0.562 bits per heavy atom. The lowest BCUT2D eigenvalue weighted by molar-refractivity contribution is -0.121. The summed E-state index contributed by atoms with van der Waals surface area (Å²) in [4.78, 5) is 18.3. The van der Waals surface area contributed by atoms with Crippen LogP contribution in [0.5, 0.6) is 17.2 Å². The highest BCUT2D eigenvalue weighted by atomic mass is 32.2. The van der Waals surface area contributed by atoms with E-state index in [0.717, 1.165) is 32.1 Å². The van der Waals surface area contributed by atoms with Gasteiger partial charge in [-0.15, -0.1) is 0 Å². The molecule has 1 aliphatic carbocycles. The lowest BCUT2D eigenvalue weighted by Gasteiger charge is -2.33. The molecule has 254 valence electrons. The average Bonchev–Trinajstić information content (AvgIpc) is 3.31. The van der Waals surface area contributed by atoms with Crippen LogP contribution in [-0.2, 0) is 21.0 Å². The number of carbonyl (C=O) groups excluding carboxylic acids is 1. The van der Waals surface area contributed by atoms with Crippen molar-refractivity contribution in [3.8, 4) is 17.2 Å². The molecule has 2 heterocycles. The van der Waals surface area contributed by atoms with Crippen LogP contribution in [0.4, 0.5) is 0 Å². The Kier molecular flexibility index (Phi) is 8.55. The van der Waals surface area contributed by atoms with Gasteiger partial charge in [0.1, 0.15) is 17.2 Å². The van der Waals surface area contributed by atoms with Gasteiger partial charge in [0.25, 0.3) is 0 Å². The molecule has 0 saturated carbocycles. The fraction of sp³-hybridized carbons (Fsp3) is 0.425. The number of rotatable bonds is 0. The van der Waals surface area contributed by atoms with E-state index in [0.29, 0.717) is 30.2 Å². The molecular weight excluding hydrogens is 673 g/mol. The number of benzene rings is 3. The quantitative estimate of drug-likeness (QED) is 0.238. The van der Waals surface area contributed by atoms with Crippen molar-refractivity contribution in [1.29, 1.82) is 0 Å². The van der Waals surface area contributed by atoms with Crippen LogP contribution in [0, 0.1) is 5.41 Å². The summed E-state index contributed by atoms with van der Waals surface area (Å²) in [5, 5.41) is 23.8. The molecule has 0 amide bonds. The second-order valence-corrected chi connectivity index (χ2v) is 21.6. The molecular formula is C40H46O4S4. The van der Waals surface area contributed by atoms with Crippen LogP contribution in [0.2, 0.25) is 0 Å². The van der Waals surface area contributed by atoms with Crippen molar-refractivity contribution < 1.29 is 19.7 Å². The van der Waals surface area contributed by atoms with E-state index in [-0.39, 0.29) is 38.9 Å². The highest BCUT2D eigenvalue weighted by Crippen LogP contribution is 2.60. The fourth-order valence-corrected chi connectivity index (χ4v) is 10.3. The zero-order valence-electron chi connectivity index (χ0n) is 30.0. The molecule has 48 heavy (non-hydrogen) atoms. The van der Waals surface area contributed by atoms with Gasteiger partial charge in [0.05, 0.1) is 34.3 Å². The van der Waals surface area contributed by atoms with E-state index in [2.05, 4.69) is 101 Å². The van der Waals surface area contributed by atoms with Crippen molar-refractivity contribution in [3.63, 3.8) is 0 Å². The minimum absolute atomic E-state index is 0.0937. The van der Waals surface area contributed by atoms with E-state index in [4.69, 9.17) is 4.74 Å². The number of thioether (sulfide) groups is 2. The number of phenols is 2. The summed E-state index contributed by atoms with van der Waals surface area (Å²) >= 11 is 5.58. The van der Waals surface area contributed by atoms with Crippen LogP contribution in [0.1, 0.15) is 99.8 Å². The minimum Gasteiger partial charge on any atom is -0.506 e. The fourth-order valence-electron chi connectivity index (χ4n) is 5.65. The minimum atomic E-state index is -1.30. The zero-order valence-corrected chi connectivity index (χ0v) is 33.2. The molecule has 7 bridgehead atoms. The molecule has 6 rings (SSSR count). The van der Waals surface area contributed by atoms with Gasteiger partial charge < -0.3 is 14.9 Å². The number of hydrogen-bond donors (Lipinski definition) is 2. The van der Waals surface area contributed by atoms with Crippen molar-refractivity contribution in [2.75, 3.05) is 0 Å². The number of hydrogen-bond acceptors (Lipinski definition) is 8. The topological polar surface area (TPSA) is 66.8 Å². The molecule has 2 N–H and O–H groups in total. The van der Waals surface area contributed by atoms with Crippen molar-refractivity contribution >= 4 is 52.8 Å². The second kappa shape index (κ2) is 11.6. The largest absolute Gasteiger partial charge is 0.506 e. The Morgan fingerprint density at radius 2 is 0.958 bits per heavy atom. The molecule has 3 aromatic rings. The van der Waals surface area contributed by atoms with Gasteiger partial charge in [-0.3, -0.25) is 4.79 Å². The SMILES string of the molecule is CC(C)(C)C1=CC23Oc4c(cc(C(C)(C)C)cc4S2)Sc2cc(C(C)(C)C)cc(c2O)Sc2cc(C(C)(C)C)cc(c2O)SC(=C1)C3=O. The molecule has 8 heteroatoms. The molecule has 3 aromatic carbocycles. The molecule has 0 aromatic heterocycles. The van der Waals surface area contributed by atoms with E-state index in [1.54, 1.807) is 0 Å². The van der Waals surface area contributed by atoms with Crippen LogP contribution in [0.3, 0.4) is 0 Å². The molecule has 2 aliphatic heterocycles. The standard InChI is InChI=1S/C40H46O4S4/c1-36(2,3)21-13-25-32(41)27(15-21)46-29-17-23(38(7,8)9)18-30-34(29)44-40(48-30)20-24(39(10,11)12)19-31(35(40)43)47-28-16-22(37(4,5)6)14-26(45-25)33(28)42/h13-20,41-42H,1-12H3. The summed E-state index contributed by atoms with van der Waals surface area (Å²) in [7, 11) is 0. The average molecular weight is 719 g/mol. The first-order valence-corrected chi connectivity index (χ1v) is 19.6. The van der Waals surface area contributed by atoms with Crippen molar-refractivity contribution in [2.24, 2.45) is 5.41 Å². The highest BCUT2D eigenvalue weighted by molar-refractivity contribution is 8.05. The Bertz CT molecular complexity index is 1930. The van der Waals surface area contributed by atoms with Crippen LogP contribution in [-0.4, -0.2) is 20.9 Å². The molecule has 1 spiro atoms. The third-order valence-electron chi connectivity index (χ3n) is 8.91. The predicted octanol–water partition coefficient (Wildman–Crippen LogP) is 12.0. The van der Waals surface area contributed by atoms with Gasteiger partial charge in [0, 0.05) is 0 Å². The molecule has 0 fully saturated rings. The normalized spacial score (nSPS) is 19.6. The van der Waals surface area contributed by atoms with Crippen molar-refractivity contribution in [2.45, 2.75) is 134 Å². The maximum atomic E-state index is 14.8. The molecule has 0 saturated heterocycles. The van der Waals surface area contributed by atoms with Gasteiger partial charge in [-0.1, -0.05) is 130 Å². The number of allylic oxidation sites excluding steroid dienone is 2. The molecule has 4 nitrogen and oxygen atoms in total.